The molecule has 1 aliphatic rings. The molecular formula is C13H22N2O2S. The molecule has 1 saturated carbocycles. The Morgan fingerprint density at radius 1 is 1.44 bits per heavy atom. The van der Waals surface area contributed by atoms with Crippen LogP contribution in [0, 0.1) is 16.7 Å². The maximum absolute atomic E-state index is 12.1. The van der Waals surface area contributed by atoms with E-state index >= 15 is 0 Å². The van der Waals surface area contributed by atoms with Crippen molar-refractivity contribution in [2.75, 3.05) is 12.8 Å². The number of nitriles is 1. The highest BCUT2D eigenvalue weighted by atomic mass is 32.2. The first-order valence-corrected chi connectivity index (χ1v) is 8.16. The zero-order valence-electron chi connectivity index (χ0n) is 11.2. The Hall–Kier alpha value is -0.890. The van der Waals surface area contributed by atoms with Gasteiger partial charge in [0.1, 0.15) is 5.41 Å². The van der Waals surface area contributed by atoms with E-state index in [1.807, 2.05) is 6.92 Å². The van der Waals surface area contributed by atoms with Gasteiger partial charge in [-0.15, -0.1) is 0 Å². The first kappa shape index (κ1) is 15.2. The number of nitrogens with one attached hydrogen (secondary N) is 1. The Bertz CT molecular complexity index is 356. The molecule has 0 aromatic heterocycles. The molecule has 4 nitrogen and oxygen atoms in total. The summed E-state index contributed by atoms with van der Waals surface area (Å²) in [6.45, 7) is 2.41. The molecule has 5 heteroatoms. The molecule has 0 aromatic rings. The van der Waals surface area contributed by atoms with Gasteiger partial charge in [0.15, 0.2) is 0 Å². The molecule has 1 N–H and O–H groups in total. The molecule has 2 atom stereocenters. The number of hydrogen-bond acceptors (Lipinski definition) is 3. The summed E-state index contributed by atoms with van der Waals surface area (Å²) < 4.78 is 11.2. The zero-order valence-corrected chi connectivity index (χ0v) is 12.0. The van der Waals surface area contributed by atoms with Crippen molar-refractivity contribution in [2.45, 2.75) is 50.7 Å². The Morgan fingerprint density at radius 2 is 2.06 bits per heavy atom. The minimum absolute atomic E-state index is 0.0784. The fourth-order valence-electron chi connectivity index (χ4n) is 2.27. The maximum atomic E-state index is 12.1. The van der Waals surface area contributed by atoms with Crippen LogP contribution < -0.4 is 5.32 Å². The average molecular weight is 270 g/mol. The average Bonchev–Trinajstić information content (AvgIpc) is 2.39. The maximum Gasteiger partial charge on any atom is 0.240 e. The van der Waals surface area contributed by atoms with Crippen molar-refractivity contribution in [1.29, 1.82) is 5.26 Å². The molecule has 0 bridgehead atoms. The highest BCUT2D eigenvalue weighted by molar-refractivity contribution is 7.84. The summed E-state index contributed by atoms with van der Waals surface area (Å²) in [7, 11) is -0.858. The third-order valence-electron chi connectivity index (χ3n) is 3.76. The smallest absolute Gasteiger partial charge is 0.240 e. The second-order valence-corrected chi connectivity index (χ2v) is 6.91. The molecule has 0 spiro atoms. The predicted octanol–water partition coefficient (Wildman–Crippen LogP) is 1.73. The molecule has 0 aliphatic heterocycles. The van der Waals surface area contributed by atoms with Crippen molar-refractivity contribution < 1.29 is 9.00 Å². The van der Waals surface area contributed by atoms with Crippen LogP contribution in [0.1, 0.15) is 45.4 Å². The Labute approximate surface area is 112 Å². The molecule has 0 aromatic carbocycles. The fraction of sp³-hybridized carbons (Fsp3) is 0.846. The molecular weight excluding hydrogens is 248 g/mol. The quantitative estimate of drug-likeness (QED) is 0.827. The fourth-order valence-corrected chi connectivity index (χ4v) is 2.72. The minimum Gasteiger partial charge on any atom is -0.355 e. The number of rotatable bonds is 5. The van der Waals surface area contributed by atoms with Gasteiger partial charge in [-0.1, -0.05) is 26.2 Å². The first-order chi connectivity index (χ1) is 8.52. The molecule has 18 heavy (non-hydrogen) atoms. The molecule has 102 valence electrons. The van der Waals surface area contributed by atoms with Crippen LogP contribution in [0.25, 0.3) is 0 Å². The van der Waals surface area contributed by atoms with E-state index in [1.54, 1.807) is 6.26 Å². The van der Waals surface area contributed by atoms with Gasteiger partial charge in [0.2, 0.25) is 5.91 Å². The Balaban J connectivity index is 2.44. The number of nitrogens with zero attached hydrogens (tertiary/aromatic N) is 1. The van der Waals surface area contributed by atoms with E-state index < -0.39 is 16.2 Å². The van der Waals surface area contributed by atoms with E-state index in [-0.39, 0.29) is 11.2 Å². The van der Waals surface area contributed by atoms with Crippen molar-refractivity contribution in [3.8, 4) is 6.07 Å². The van der Waals surface area contributed by atoms with Crippen LogP contribution in [0.3, 0.4) is 0 Å². The first-order valence-electron chi connectivity index (χ1n) is 6.53. The SMILES string of the molecule is CC(CCNC(=O)C1(C#N)CCCCC1)S(C)=O. The number of hydrogen-bond donors (Lipinski definition) is 1. The van der Waals surface area contributed by atoms with Gasteiger partial charge < -0.3 is 5.32 Å². The van der Waals surface area contributed by atoms with E-state index in [0.717, 1.165) is 19.3 Å². The molecule has 1 amide bonds. The molecule has 1 aliphatic carbocycles. The number of carbonyl (C=O) groups excluding carboxylic acids is 1. The largest absolute Gasteiger partial charge is 0.355 e. The van der Waals surface area contributed by atoms with Crippen molar-refractivity contribution in [2.24, 2.45) is 5.41 Å². The Kier molecular flexibility index (Phi) is 5.80. The summed E-state index contributed by atoms with van der Waals surface area (Å²) in [5.41, 5.74) is -0.813. The Morgan fingerprint density at radius 3 is 2.56 bits per heavy atom. The normalized spacial score (nSPS) is 21.6. The standard InChI is InChI=1S/C13H22N2O2S/c1-11(18(2)17)6-9-15-12(16)13(10-14)7-4-3-5-8-13/h11H,3-9H2,1-2H3,(H,15,16). The van der Waals surface area contributed by atoms with Gasteiger partial charge in [-0.25, -0.2) is 0 Å². The summed E-state index contributed by atoms with van der Waals surface area (Å²) >= 11 is 0. The second-order valence-electron chi connectivity index (χ2n) is 5.11. The van der Waals surface area contributed by atoms with Crippen molar-refractivity contribution >= 4 is 16.7 Å². The van der Waals surface area contributed by atoms with Gasteiger partial charge in [0.05, 0.1) is 6.07 Å². The second kappa shape index (κ2) is 6.89. The van der Waals surface area contributed by atoms with Gasteiger partial charge in [-0.2, -0.15) is 5.26 Å². The summed E-state index contributed by atoms with van der Waals surface area (Å²) in [5, 5.41) is 12.2. The van der Waals surface area contributed by atoms with Gasteiger partial charge in [-0.3, -0.25) is 9.00 Å². The van der Waals surface area contributed by atoms with E-state index in [9.17, 15) is 14.3 Å². The van der Waals surface area contributed by atoms with Gasteiger partial charge in [0.25, 0.3) is 0 Å². The van der Waals surface area contributed by atoms with Crippen LogP contribution in [0.2, 0.25) is 0 Å². The topological polar surface area (TPSA) is 70.0 Å². The van der Waals surface area contributed by atoms with Gasteiger partial charge >= 0.3 is 0 Å². The molecule has 1 fully saturated rings. The van der Waals surface area contributed by atoms with Crippen LogP contribution >= 0.6 is 0 Å². The minimum atomic E-state index is -0.858. The molecule has 1 rings (SSSR count). The lowest BCUT2D eigenvalue weighted by Crippen LogP contribution is -2.42. The highest BCUT2D eigenvalue weighted by Gasteiger charge is 2.39. The third-order valence-corrected chi connectivity index (χ3v) is 5.13. The zero-order chi connectivity index (χ0) is 13.6. The molecule has 0 saturated heterocycles. The van der Waals surface area contributed by atoms with Gasteiger partial charge in [0, 0.05) is 28.9 Å². The van der Waals surface area contributed by atoms with E-state index in [4.69, 9.17) is 0 Å². The highest BCUT2D eigenvalue weighted by Crippen LogP contribution is 2.35. The van der Waals surface area contributed by atoms with E-state index in [1.165, 1.54) is 0 Å². The monoisotopic (exact) mass is 270 g/mol. The van der Waals surface area contributed by atoms with E-state index in [0.29, 0.717) is 25.8 Å². The summed E-state index contributed by atoms with van der Waals surface area (Å²) in [4.78, 5) is 12.1. The van der Waals surface area contributed by atoms with Crippen LogP contribution in [-0.4, -0.2) is 28.2 Å². The van der Waals surface area contributed by atoms with Crippen molar-refractivity contribution in [3.05, 3.63) is 0 Å². The number of amides is 1. The molecule has 2 unspecified atom stereocenters. The lowest BCUT2D eigenvalue weighted by atomic mass is 9.74. The van der Waals surface area contributed by atoms with Crippen molar-refractivity contribution in [3.63, 3.8) is 0 Å². The molecule has 0 radical (unpaired) electrons. The summed E-state index contributed by atoms with van der Waals surface area (Å²) in [6.07, 6.45) is 6.73. The lowest BCUT2D eigenvalue weighted by molar-refractivity contribution is -0.129. The summed E-state index contributed by atoms with van der Waals surface area (Å²) in [6, 6.07) is 2.21. The van der Waals surface area contributed by atoms with Crippen molar-refractivity contribution in [1.82, 2.24) is 5.32 Å². The summed E-state index contributed by atoms with van der Waals surface area (Å²) in [5.74, 6) is -0.140. The third kappa shape index (κ3) is 3.81. The van der Waals surface area contributed by atoms with Crippen LogP contribution in [0.15, 0.2) is 0 Å². The van der Waals surface area contributed by atoms with Crippen LogP contribution in [-0.2, 0) is 15.6 Å². The van der Waals surface area contributed by atoms with Gasteiger partial charge in [-0.05, 0) is 19.3 Å². The van der Waals surface area contributed by atoms with E-state index in [2.05, 4.69) is 11.4 Å². The molecule has 0 heterocycles. The van der Waals surface area contributed by atoms with Crippen LogP contribution in [0.5, 0.6) is 0 Å². The number of carbonyl (C=O) groups is 1. The predicted molar refractivity (Wildman–Crippen MR) is 72.3 cm³/mol. The van der Waals surface area contributed by atoms with Crippen LogP contribution in [0.4, 0.5) is 0 Å². The lowest BCUT2D eigenvalue weighted by Gasteiger charge is -2.29.